The number of rotatable bonds is 2. The van der Waals surface area contributed by atoms with Gasteiger partial charge in [0, 0.05) is 16.7 Å². The number of methoxy groups -OCH3 is 1. The van der Waals surface area contributed by atoms with E-state index in [1.807, 2.05) is 30.3 Å². The SMILES string of the molecule is COc1cccc(/C=C2\CCc3c(O)cccc3C2=O)c1. The van der Waals surface area contributed by atoms with Gasteiger partial charge in [-0.15, -0.1) is 0 Å². The molecule has 3 heteroatoms. The lowest BCUT2D eigenvalue weighted by Gasteiger charge is -2.18. The normalized spacial score (nSPS) is 15.9. The van der Waals surface area contributed by atoms with Crippen molar-refractivity contribution < 1.29 is 14.6 Å². The van der Waals surface area contributed by atoms with Gasteiger partial charge in [0.15, 0.2) is 5.78 Å². The number of ether oxygens (including phenoxy) is 1. The number of aromatic hydroxyl groups is 1. The van der Waals surface area contributed by atoms with Gasteiger partial charge in [-0.1, -0.05) is 24.3 Å². The molecule has 0 unspecified atom stereocenters. The van der Waals surface area contributed by atoms with Gasteiger partial charge in [-0.3, -0.25) is 4.79 Å². The fourth-order valence-corrected chi connectivity index (χ4v) is 2.67. The molecule has 21 heavy (non-hydrogen) atoms. The van der Waals surface area contributed by atoms with Crippen LogP contribution < -0.4 is 4.74 Å². The number of phenols is 1. The number of phenolic OH excluding ortho intramolecular Hbond substituents is 1. The predicted molar refractivity (Wildman–Crippen MR) is 81.7 cm³/mol. The molecule has 0 bridgehead atoms. The van der Waals surface area contributed by atoms with Crippen LogP contribution in [0.2, 0.25) is 0 Å². The van der Waals surface area contributed by atoms with Crippen molar-refractivity contribution in [3.05, 3.63) is 64.7 Å². The van der Waals surface area contributed by atoms with Crippen molar-refractivity contribution in [1.29, 1.82) is 0 Å². The van der Waals surface area contributed by atoms with Crippen molar-refractivity contribution >= 4 is 11.9 Å². The first-order chi connectivity index (χ1) is 10.2. The van der Waals surface area contributed by atoms with E-state index in [2.05, 4.69) is 0 Å². The molecule has 0 fully saturated rings. The second kappa shape index (κ2) is 5.44. The number of carbonyl (C=O) groups excluding carboxylic acids is 1. The zero-order valence-corrected chi connectivity index (χ0v) is 11.8. The zero-order chi connectivity index (χ0) is 14.8. The van der Waals surface area contributed by atoms with Crippen molar-refractivity contribution in [3.8, 4) is 11.5 Å². The van der Waals surface area contributed by atoms with Gasteiger partial charge in [0.05, 0.1) is 7.11 Å². The second-order valence-electron chi connectivity index (χ2n) is 5.08. The molecule has 2 aromatic carbocycles. The Balaban J connectivity index is 1.98. The third-order valence-corrected chi connectivity index (χ3v) is 3.77. The number of ketones is 1. The molecule has 0 atom stereocenters. The predicted octanol–water partition coefficient (Wildman–Crippen LogP) is 3.61. The number of Topliss-reactive ketones (excluding diaryl/α,β-unsaturated/α-hetero) is 1. The molecule has 1 N–H and O–H groups in total. The summed E-state index contributed by atoms with van der Waals surface area (Å²) >= 11 is 0. The fraction of sp³-hybridized carbons (Fsp3) is 0.167. The van der Waals surface area contributed by atoms with E-state index in [0.29, 0.717) is 18.4 Å². The van der Waals surface area contributed by atoms with Crippen LogP contribution in [0.4, 0.5) is 0 Å². The van der Waals surface area contributed by atoms with E-state index in [0.717, 1.165) is 22.4 Å². The molecule has 1 aliphatic carbocycles. The molecule has 0 aliphatic heterocycles. The lowest BCUT2D eigenvalue weighted by Crippen LogP contribution is -2.14. The molecule has 3 nitrogen and oxygen atoms in total. The van der Waals surface area contributed by atoms with Crippen LogP contribution in [0.5, 0.6) is 11.5 Å². The van der Waals surface area contributed by atoms with E-state index in [4.69, 9.17) is 4.74 Å². The zero-order valence-electron chi connectivity index (χ0n) is 11.8. The number of benzene rings is 2. The van der Waals surface area contributed by atoms with E-state index in [9.17, 15) is 9.90 Å². The van der Waals surface area contributed by atoms with E-state index in [1.54, 1.807) is 25.3 Å². The van der Waals surface area contributed by atoms with Crippen LogP contribution in [0.15, 0.2) is 48.0 Å². The van der Waals surface area contributed by atoms with Crippen LogP contribution in [0.25, 0.3) is 6.08 Å². The number of allylic oxidation sites excluding steroid dienone is 1. The minimum Gasteiger partial charge on any atom is -0.508 e. The number of hydrogen-bond donors (Lipinski definition) is 1. The summed E-state index contributed by atoms with van der Waals surface area (Å²) in [7, 11) is 1.62. The molecule has 0 amide bonds. The highest BCUT2D eigenvalue weighted by molar-refractivity contribution is 6.13. The van der Waals surface area contributed by atoms with Gasteiger partial charge in [0.1, 0.15) is 11.5 Å². The number of carbonyl (C=O) groups is 1. The Morgan fingerprint density at radius 1 is 1.14 bits per heavy atom. The Bertz CT molecular complexity index is 729. The molecule has 0 saturated heterocycles. The molecule has 0 radical (unpaired) electrons. The maximum absolute atomic E-state index is 12.5. The van der Waals surface area contributed by atoms with Crippen LogP contribution >= 0.6 is 0 Å². The smallest absolute Gasteiger partial charge is 0.189 e. The highest BCUT2D eigenvalue weighted by atomic mass is 16.5. The summed E-state index contributed by atoms with van der Waals surface area (Å²) in [5.41, 5.74) is 3.07. The summed E-state index contributed by atoms with van der Waals surface area (Å²) in [6.45, 7) is 0. The maximum atomic E-state index is 12.5. The van der Waals surface area contributed by atoms with Crippen molar-refractivity contribution in [2.45, 2.75) is 12.8 Å². The molecule has 106 valence electrons. The summed E-state index contributed by atoms with van der Waals surface area (Å²) < 4.78 is 5.20. The molecule has 1 aliphatic rings. The molecule has 2 aromatic rings. The van der Waals surface area contributed by atoms with Crippen LogP contribution in [0.1, 0.15) is 27.9 Å². The summed E-state index contributed by atoms with van der Waals surface area (Å²) in [4.78, 5) is 12.5. The van der Waals surface area contributed by atoms with Gasteiger partial charge in [-0.25, -0.2) is 0 Å². The Morgan fingerprint density at radius 2 is 1.95 bits per heavy atom. The van der Waals surface area contributed by atoms with Crippen LogP contribution in [0.3, 0.4) is 0 Å². The molecular formula is C18H16O3. The van der Waals surface area contributed by atoms with Crippen LogP contribution in [-0.2, 0) is 6.42 Å². The van der Waals surface area contributed by atoms with Gasteiger partial charge in [-0.05, 0) is 42.7 Å². The van der Waals surface area contributed by atoms with Crippen LogP contribution in [0, 0.1) is 0 Å². The van der Waals surface area contributed by atoms with Gasteiger partial charge in [-0.2, -0.15) is 0 Å². The molecular weight excluding hydrogens is 264 g/mol. The first kappa shape index (κ1) is 13.4. The van der Waals surface area contributed by atoms with E-state index < -0.39 is 0 Å². The molecule has 0 heterocycles. The highest BCUT2D eigenvalue weighted by Crippen LogP contribution is 2.32. The largest absolute Gasteiger partial charge is 0.508 e. The number of hydrogen-bond acceptors (Lipinski definition) is 3. The number of fused-ring (bicyclic) bond motifs is 1. The van der Waals surface area contributed by atoms with Gasteiger partial charge in [0.25, 0.3) is 0 Å². The quantitative estimate of drug-likeness (QED) is 0.855. The standard InChI is InChI=1S/C18H16O3/c1-21-14-5-2-4-12(11-14)10-13-8-9-15-16(18(13)20)6-3-7-17(15)19/h2-7,10-11,19H,8-9H2,1H3/b13-10+. The first-order valence-corrected chi connectivity index (χ1v) is 6.89. The van der Waals surface area contributed by atoms with Crippen LogP contribution in [-0.4, -0.2) is 18.0 Å². The maximum Gasteiger partial charge on any atom is 0.189 e. The fourth-order valence-electron chi connectivity index (χ4n) is 2.67. The molecule has 0 saturated carbocycles. The lowest BCUT2D eigenvalue weighted by molar-refractivity contribution is 0.102. The average Bonchev–Trinajstić information content (AvgIpc) is 2.51. The van der Waals surface area contributed by atoms with Gasteiger partial charge >= 0.3 is 0 Å². The van der Waals surface area contributed by atoms with E-state index in [1.165, 1.54) is 0 Å². The first-order valence-electron chi connectivity index (χ1n) is 6.89. The second-order valence-corrected chi connectivity index (χ2v) is 5.08. The minimum atomic E-state index is -0.00466. The topological polar surface area (TPSA) is 46.5 Å². The summed E-state index contributed by atoms with van der Waals surface area (Å²) in [5, 5.41) is 9.83. The van der Waals surface area contributed by atoms with Crippen molar-refractivity contribution in [3.63, 3.8) is 0 Å². The summed E-state index contributed by atoms with van der Waals surface area (Å²) in [6, 6.07) is 12.7. The molecule has 3 rings (SSSR count). The third kappa shape index (κ3) is 2.55. The average molecular weight is 280 g/mol. The molecule has 0 spiro atoms. The monoisotopic (exact) mass is 280 g/mol. The highest BCUT2D eigenvalue weighted by Gasteiger charge is 2.23. The van der Waals surface area contributed by atoms with Gasteiger partial charge < -0.3 is 9.84 Å². The van der Waals surface area contributed by atoms with E-state index in [-0.39, 0.29) is 11.5 Å². The summed E-state index contributed by atoms with van der Waals surface area (Å²) in [6.07, 6.45) is 3.22. The Kier molecular flexibility index (Phi) is 3.48. The van der Waals surface area contributed by atoms with Crippen molar-refractivity contribution in [1.82, 2.24) is 0 Å². The van der Waals surface area contributed by atoms with Crippen molar-refractivity contribution in [2.75, 3.05) is 7.11 Å². The van der Waals surface area contributed by atoms with E-state index >= 15 is 0 Å². The Morgan fingerprint density at radius 3 is 2.76 bits per heavy atom. The Hall–Kier alpha value is -2.55. The third-order valence-electron chi connectivity index (χ3n) is 3.77. The van der Waals surface area contributed by atoms with Crippen molar-refractivity contribution in [2.24, 2.45) is 0 Å². The van der Waals surface area contributed by atoms with Gasteiger partial charge in [0.2, 0.25) is 0 Å². The molecule has 0 aromatic heterocycles. The minimum absolute atomic E-state index is 0.00466. The lowest BCUT2D eigenvalue weighted by atomic mass is 9.85. The Labute approximate surface area is 123 Å². The summed E-state index contributed by atoms with van der Waals surface area (Å²) in [5.74, 6) is 0.974.